The summed E-state index contributed by atoms with van der Waals surface area (Å²) >= 11 is 0. The number of hydrogen-bond acceptors (Lipinski definition) is 3. The third-order valence-corrected chi connectivity index (χ3v) is 4.38. The molecule has 1 atom stereocenters. The molecule has 0 aliphatic rings. The van der Waals surface area contributed by atoms with E-state index in [0.29, 0.717) is 12.2 Å². The number of carbonyl (C=O) groups excluding carboxylic acids is 1. The molecule has 146 valence electrons. The maximum absolute atomic E-state index is 14.4. The third kappa shape index (κ3) is 5.46. The van der Waals surface area contributed by atoms with Crippen molar-refractivity contribution < 1.29 is 18.7 Å². The topological polar surface area (TPSA) is 35.5 Å². The van der Waals surface area contributed by atoms with Crippen LogP contribution in [0.2, 0.25) is 0 Å². The van der Waals surface area contributed by atoms with Crippen molar-refractivity contribution in [3.63, 3.8) is 0 Å². The summed E-state index contributed by atoms with van der Waals surface area (Å²) in [4.78, 5) is 12.4. The molecule has 3 aromatic carbocycles. The number of rotatable bonds is 5. The summed E-state index contributed by atoms with van der Waals surface area (Å²) in [5.41, 5.74) is 0.120. The van der Waals surface area contributed by atoms with E-state index in [1.165, 1.54) is 18.2 Å². The van der Waals surface area contributed by atoms with Crippen LogP contribution in [0.15, 0.2) is 78.9 Å². The molecule has 0 radical (unpaired) electrons. The van der Waals surface area contributed by atoms with Crippen LogP contribution in [-0.4, -0.2) is 11.6 Å². The average Bonchev–Trinajstić information content (AvgIpc) is 2.75. The van der Waals surface area contributed by atoms with Gasteiger partial charge in [0, 0.05) is 5.56 Å². The number of ether oxygens (including phenoxy) is 2. The molecule has 0 aliphatic heterocycles. The molecule has 4 heteroatoms. The molecule has 0 saturated carbocycles. The van der Waals surface area contributed by atoms with E-state index in [0.717, 1.165) is 5.56 Å². The Morgan fingerprint density at radius 3 is 2.31 bits per heavy atom. The maximum Gasteiger partial charge on any atom is 0.343 e. The number of hydrogen-bond donors (Lipinski definition) is 0. The zero-order valence-electron chi connectivity index (χ0n) is 16.3. The summed E-state index contributed by atoms with van der Waals surface area (Å²) < 4.78 is 25.6. The standard InChI is InChI=1S/C25H21FO3/c1-3-25(2,17-16-19-10-6-4-7-11-19)29-23-18-20(14-15-22(23)26)24(27)28-21-12-8-5-9-13-21/h4-15,18H,3H2,1-2H3. The zero-order chi connectivity index (χ0) is 20.7. The summed E-state index contributed by atoms with van der Waals surface area (Å²) in [5.74, 6) is 5.34. The zero-order valence-corrected chi connectivity index (χ0v) is 16.3. The van der Waals surface area contributed by atoms with Gasteiger partial charge in [-0.25, -0.2) is 9.18 Å². The lowest BCUT2D eigenvalue weighted by atomic mass is 10.0. The van der Waals surface area contributed by atoms with E-state index >= 15 is 0 Å². The smallest absolute Gasteiger partial charge is 0.343 e. The molecule has 3 aromatic rings. The first kappa shape index (κ1) is 20.2. The number of benzene rings is 3. The molecular formula is C25H21FO3. The van der Waals surface area contributed by atoms with E-state index in [-0.39, 0.29) is 11.3 Å². The van der Waals surface area contributed by atoms with Gasteiger partial charge in [-0.3, -0.25) is 0 Å². The highest BCUT2D eigenvalue weighted by Crippen LogP contribution is 2.26. The second-order valence-electron chi connectivity index (χ2n) is 6.65. The van der Waals surface area contributed by atoms with Gasteiger partial charge in [0.15, 0.2) is 17.2 Å². The van der Waals surface area contributed by atoms with E-state index in [1.807, 2.05) is 43.3 Å². The Labute approximate surface area is 170 Å². The molecule has 0 heterocycles. The third-order valence-electron chi connectivity index (χ3n) is 4.38. The van der Waals surface area contributed by atoms with Crippen molar-refractivity contribution in [3.05, 3.63) is 95.8 Å². The molecular weight excluding hydrogens is 367 g/mol. The van der Waals surface area contributed by atoms with Gasteiger partial charge in [-0.15, -0.1) is 0 Å². The minimum absolute atomic E-state index is 0.0424. The Kier molecular flexibility index (Phi) is 6.31. The van der Waals surface area contributed by atoms with Crippen LogP contribution in [-0.2, 0) is 0 Å². The summed E-state index contributed by atoms with van der Waals surface area (Å²) in [5, 5.41) is 0. The van der Waals surface area contributed by atoms with E-state index in [2.05, 4.69) is 11.8 Å². The van der Waals surface area contributed by atoms with Crippen molar-refractivity contribution >= 4 is 5.97 Å². The van der Waals surface area contributed by atoms with Gasteiger partial charge >= 0.3 is 5.97 Å². The molecule has 0 N–H and O–H groups in total. The van der Waals surface area contributed by atoms with Crippen LogP contribution < -0.4 is 9.47 Å². The van der Waals surface area contributed by atoms with Gasteiger partial charge in [0.05, 0.1) is 5.56 Å². The summed E-state index contributed by atoms with van der Waals surface area (Å²) in [6.45, 7) is 3.70. The quantitative estimate of drug-likeness (QED) is 0.322. The predicted molar refractivity (Wildman–Crippen MR) is 110 cm³/mol. The number of carbonyl (C=O) groups is 1. The van der Waals surface area contributed by atoms with E-state index in [1.54, 1.807) is 31.2 Å². The Morgan fingerprint density at radius 2 is 1.66 bits per heavy atom. The van der Waals surface area contributed by atoms with Crippen molar-refractivity contribution in [1.29, 1.82) is 0 Å². The fraction of sp³-hybridized carbons (Fsp3) is 0.160. The second-order valence-corrected chi connectivity index (χ2v) is 6.65. The van der Waals surface area contributed by atoms with Crippen molar-refractivity contribution in [2.75, 3.05) is 0 Å². The molecule has 0 aliphatic carbocycles. The number of para-hydroxylation sites is 1. The maximum atomic E-state index is 14.4. The van der Waals surface area contributed by atoms with Gasteiger partial charge in [0.25, 0.3) is 0 Å². The summed E-state index contributed by atoms with van der Waals surface area (Å²) in [6, 6.07) is 22.1. The minimum atomic E-state index is -0.918. The van der Waals surface area contributed by atoms with Crippen molar-refractivity contribution in [1.82, 2.24) is 0 Å². The SMILES string of the molecule is CCC(C)(C#Cc1ccccc1)Oc1cc(C(=O)Oc2ccccc2)ccc1F. The van der Waals surface area contributed by atoms with Crippen molar-refractivity contribution in [2.45, 2.75) is 25.9 Å². The highest BCUT2D eigenvalue weighted by atomic mass is 19.1. The Morgan fingerprint density at radius 1 is 1.00 bits per heavy atom. The Hall–Kier alpha value is -3.58. The molecule has 0 amide bonds. The molecule has 3 rings (SSSR count). The first-order valence-electron chi connectivity index (χ1n) is 9.33. The van der Waals surface area contributed by atoms with Gasteiger partial charge in [-0.2, -0.15) is 0 Å². The summed E-state index contributed by atoms with van der Waals surface area (Å²) in [6.07, 6.45) is 0.533. The van der Waals surface area contributed by atoms with Crippen LogP contribution in [0.25, 0.3) is 0 Å². The Balaban J connectivity index is 1.81. The van der Waals surface area contributed by atoms with Crippen LogP contribution in [0, 0.1) is 17.7 Å². The van der Waals surface area contributed by atoms with Crippen LogP contribution >= 0.6 is 0 Å². The molecule has 1 unspecified atom stereocenters. The summed E-state index contributed by atoms with van der Waals surface area (Å²) in [7, 11) is 0. The molecule has 3 nitrogen and oxygen atoms in total. The van der Waals surface area contributed by atoms with Crippen LogP contribution in [0.1, 0.15) is 36.2 Å². The van der Waals surface area contributed by atoms with Crippen LogP contribution in [0.5, 0.6) is 11.5 Å². The van der Waals surface area contributed by atoms with Gasteiger partial charge < -0.3 is 9.47 Å². The minimum Gasteiger partial charge on any atom is -0.472 e. The molecule has 0 saturated heterocycles. The largest absolute Gasteiger partial charge is 0.472 e. The molecule has 0 bridgehead atoms. The van der Waals surface area contributed by atoms with E-state index in [4.69, 9.17) is 9.47 Å². The fourth-order valence-electron chi connectivity index (χ4n) is 2.52. The van der Waals surface area contributed by atoms with Crippen LogP contribution in [0.4, 0.5) is 4.39 Å². The highest BCUT2D eigenvalue weighted by Gasteiger charge is 2.24. The Bertz CT molecular complexity index is 1040. The van der Waals surface area contributed by atoms with E-state index < -0.39 is 17.4 Å². The van der Waals surface area contributed by atoms with Gasteiger partial charge in [0.2, 0.25) is 0 Å². The van der Waals surface area contributed by atoms with E-state index in [9.17, 15) is 9.18 Å². The normalized spacial score (nSPS) is 12.2. The molecule has 0 fully saturated rings. The van der Waals surface area contributed by atoms with Gasteiger partial charge in [-0.05, 0) is 55.8 Å². The highest BCUT2D eigenvalue weighted by molar-refractivity contribution is 5.91. The van der Waals surface area contributed by atoms with Crippen molar-refractivity contribution in [2.24, 2.45) is 0 Å². The lowest BCUT2D eigenvalue weighted by molar-refractivity contribution is 0.0732. The van der Waals surface area contributed by atoms with Gasteiger partial charge in [-0.1, -0.05) is 55.2 Å². The molecule has 0 aromatic heterocycles. The fourth-order valence-corrected chi connectivity index (χ4v) is 2.52. The van der Waals surface area contributed by atoms with Gasteiger partial charge in [0.1, 0.15) is 5.75 Å². The number of esters is 1. The van der Waals surface area contributed by atoms with Crippen LogP contribution in [0.3, 0.4) is 0 Å². The molecule has 29 heavy (non-hydrogen) atoms. The number of halogens is 1. The monoisotopic (exact) mass is 388 g/mol. The second kappa shape index (κ2) is 9.07. The molecule has 0 spiro atoms. The van der Waals surface area contributed by atoms with Crippen molar-refractivity contribution in [3.8, 4) is 23.3 Å². The first-order valence-corrected chi connectivity index (χ1v) is 9.33. The first-order chi connectivity index (χ1) is 14.0. The predicted octanol–water partition coefficient (Wildman–Crippen LogP) is 5.64. The average molecular weight is 388 g/mol. The lowest BCUT2D eigenvalue weighted by Crippen LogP contribution is -2.30. The lowest BCUT2D eigenvalue weighted by Gasteiger charge is -2.24.